The average molecular weight is 260 g/mol. The Kier molecular flexibility index (Phi) is 3.95. The highest BCUT2D eigenvalue weighted by molar-refractivity contribution is 5.79. The number of hydrogen-bond acceptors (Lipinski definition) is 2. The second-order valence-corrected chi connectivity index (χ2v) is 6.36. The van der Waals surface area contributed by atoms with Gasteiger partial charge in [-0.3, -0.25) is 4.79 Å². The zero-order chi connectivity index (χ0) is 14.0. The Hall–Kier alpha value is -1.35. The molecule has 0 spiro atoms. The lowest BCUT2D eigenvalue weighted by Crippen LogP contribution is -2.54. The summed E-state index contributed by atoms with van der Waals surface area (Å²) in [7, 11) is 0. The number of likely N-dealkylation sites (tertiary alicyclic amines) is 1. The van der Waals surface area contributed by atoms with Gasteiger partial charge in [-0.1, -0.05) is 43.7 Å². The lowest BCUT2D eigenvalue weighted by molar-refractivity contribution is -0.133. The summed E-state index contributed by atoms with van der Waals surface area (Å²) in [4.78, 5) is 14.3. The van der Waals surface area contributed by atoms with Crippen LogP contribution in [0.15, 0.2) is 24.3 Å². The molecule has 19 heavy (non-hydrogen) atoms. The predicted octanol–water partition coefficient (Wildman–Crippen LogP) is 2.12. The molecular weight excluding hydrogens is 236 g/mol. The molecule has 2 N–H and O–H groups in total. The highest BCUT2D eigenvalue weighted by atomic mass is 16.2. The number of amides is 1. The van der Waals surface area contributed by atoms with E-state index in [4.69, 9.17) is 5.73 Å². The van der Waals surface area contributed by atoms with Crippen molar-refractivity contribution in [1.82, 2.24) is 4.90 Å². The summed E-state index contributed by atoms with van der Waals surface area (Å²) >= 11 is 0. The molecule has 0 radical (unpaired) electrons. The molecule has 1 heterocycles. The standard InChI is InChI=1S/C16H24N2O/c1-12-4-6-13(7-5-12)10-15(19)18-9-8-14(17)16(2,3)11-18/h4-7,14H,8-11,17H2,1-3H3. The van der Waals surface area contributed by atoms with E-state index in [2.05, 4.69) is 32.9 Å². The average Bonchev–Trinajstić information content (AvgIpc) is 2.35. The zero-order valence-electron chi connectivity index (χ0n) is 12.1. The van der Waals surface area contributed by atoms with E-state index in [1.54, 1.807) is 0 Å². The molecule has 0 bridgehead atoms. The molecule has 1 aliphatic rings. The van der Waals surface area contributed by atoms with E-state index in [-0.39, 0.29) is 17.4 Å². The van der Waals surface area contributed by atoms with Crippen molar-refractivity contribution in [2.45, 2.75) is 39.7 Å². The van der Waals surface area contributed by atoms with Gasteiger partial charge in [-0.25, -0.2) is 0 Å². The van der Waals surface area contributed by atoms with Gasteiger partial charge < -0.3 is 10.6 Å². The van der Waals surface area contributed by atoms with Crippen LogP contribution in [0.1, 0.15) is 31.4 Å². The number of carbonyl (C=O) groups is 1. The van der Waals surface area contributed by atoms with Crippen LogP contribution in [0.25, 0.3) is 0 Å². The normalized spacial score (nSPS) is 22.3. The summed E-state index contributed by atoms with van der Waals surface area (Å²) in [6.45, 7) is 7.89. The SMILES string of the molecule is Cc1ccc(CC(=O)N2CCC(N)C(C)(C)C2)cc1. The second kappa shape index (κ2) is 5.33. The number of rotatable bonds is 2. The summed E-state index contributed by atoms with van der Waals surface area (Å²) < 4.78 is 0. The van der Waals surface area contributed by atoms with Gasteiger partial charge in [-0.05, 0) is 24.3 Å². The zero-order valence-corrected chi connectivity index (χ0v) is 12.1. The van der Waals surface area contributed by atoms with Gasteiger partial charge in [0.2, 0.25) is 5.91 Å². The number of carbonyl (C=O) groups excluding carboxylic acids is 1. The summed E-state index contributed by atoms with van der Waals surface area (Å²) in [5, 5.41) is 0. The van der Waals surface area contributed by atoms with E-state index in [0.29, 0.717) is 6.42 Å². The first-order chi connectivity index (χ1) is 8.88. The minimum absolute atomic E-state index is 0.0151. The lowest BCUT2D eigenvalue weighted by atomic mass is 9.79. The van der Waals surface area contributed by atoms with Gasteiger partial charge in [0.15, 0.2) is 0 Å². The fourth-order valence-corrected chi connectivity index (χ4v) is 2.58. The van der Waals surface area contributed by atoms with E-state index >= 15 is 0 Å². The number of benzene rings is 1. The van der Waals surface area contributed by atoms with E-state index in [9.17, 15) is 4.79 Å². The van der Waals surface area contributed by atoms with E-state index in [1.807, 2.05) is 17.0 Å². The Morgan fingerprint density at radius 1 is 1.37 bits per heavy atom. The molecule has 1 fully saturated rings. The molecule has 1 saturated heterocycles. The van der Waals surface area contributed by atoms with Gasteiger partial charge in [0.25, 0.3) is 0 Å². The van der Waals surface area contributed by atoms with Crippen LogP contribution >= 0.6 is 0 Å². The van der Waals surface area contributed by atoms with E-state index in [0.717, 1.165) is 25.1 Å². The first-order valence-electron chi connectivity index (χ1n) is 6.97. The maximum Gasteiger partial charge on any atom is 0.227 e. The fraction of sp³-hybridized carbons (Fsp3) is 0.562. The van der Waals surface area contributed by atoms with Crippen molar-refractivity contribution in [2.75, 3.05) is 13.1 Å². The number of nitrogens with two attached hydrogens (primary N) is 1. The monoisotopic (exact) mass is 260 g/mol. The molecule has 0 aliphatic carbocycles. The molecule has 0 aromatic heterocycles. The van der Waals surface area contributed by atoms with Crippen LogP contribution in [0.5, 0.6) is 0 Å². The minimum Gasteiger partial charge on any atom is -0.342 e. The van der Waals surface area contributed by atoms with Crippen LogP contribution in [0.2, 0.25) is 0 Å². The van der Waals surface area contributed by atoms with Crippen molar-refractivity contribution in [2.24, 2.45) is 11.1 Å². The first kappa shape index (κ1) is 14.1. The highest BCUT2D eigenvalue weighted by Gasteiger charge is 2.35. The predicted molar refractivity (Wildman–Crippen MR) is 77.8 cm³/mol. The van der Waals surface area contributed by atoms with Crippen LogP contribution in [-0.4, -0.2) is 29.9 Å². The van der Waals surface area contributed by atoms with Crippen molar-refractivity contribution in [1.29, 1.82) is 0 Å². The smallest absolute Gasteiger partial charge is 0.227 e. The van der Waals surface area contributed by atoms with Crippen LogP contribution in [0.3, 0.4) is 0 Å². The van der Waals surface area contributed by atoms with Gasteiger partial charge >= 0.3 is 0 Å². The molecule has 0 saturated carbocycles. The molecule has 1 atom stereocenters. The van der Waals surface area contributed by atoms with Crippen molar-refractivity contribution < 1.29 is 4.79 Å². The number of nitrogens with zero attached hydrogens (tertiary/aromatic N) is 1. The van der Waals surface area contributed by atoms with Crippen molar-refractivity contribution >= 4 is 5.91 Å². The van der Waals surface area contributed by atoms with Crippen molar-refractivity contribution in [3.05, 3.63) is 35.4 Å². The third-order valence-electron chi connectivity index (χ3n) is 4.14. The van der Waals surface area contributed by atoms with Crippen molar-refractivity contribution in [3.63, 3.8) is 0 Å². The van der Waals surface area contributed by atoms with Crippen LogP contribution < -0.4 is 5.73 Å². The molecule has 2 rings (SSSR count). The number of aryl methyl sites for hydroxylation is 1. The maximum atomic E-state index is 12.3. The Morgan fingerprint density at radius 2 is 2.00 bits per heavy atom. The first-order valence-corrected chi connectivity index (χ1v) is 6.97. The minimum atomic E-state index is 0.0151. The third kappa shape index (κ3) is 3.35. The van der Waals surface area contributed by atoms with Gasteiger partial charge in [0.1, 0.15) is 0 Å². The van der Waals surface area contributed by atoms with E-state index < -0.39 is 0 Å². The summed E-state index contributed by atoms with van der Waals surface area (Å²) in [5.74, 6) is 0.212. The maximum absolute atomic E-state index is 12.3. The Bertz CT molecular complexity index is 450. The quantitative estimate of drug-likeness (QED) is 0.885. The third-order valence-corrected chi connectivity index (χ3v) is 4.14. The topological polar surface area (TPSA) is 46.3 Å². The van der Waals surface area contributed by atoms with Gasteiger partial charge in [0, 0.05) is 19.1 Å². The molecule has 3 heteroatoms. The Morgan fingerprint density at radius 3 is 2.58 bits per heavy atom. The molecule has 1 unspecified atom stereocenters. The van der Waals surface area contributed by atoms with Gasteiger partial charge in [-0.2, -0.15) is 0 Å². The highest BCUT2D eigenvalue weighted by Crippen LogP contribution is 2.28. The van der Waals surface area contributed by atoms with E-state index in [1.165, 1.54) is 5.56 Å². The van der Waals surface area contributed by atoms with Crippen LogP contribution in [0.4, 0.5) is 0 Å². The molecule has 1 aromatic carbocycles. The van der Waals surface area contributed by atoms with Crippen LogP contribution in [-0.2, 0) is 11.2 Å². The Balaban J connectivity index is 1.99. The molecule has 104 valence electrons. The molecule has 1 aliphatic heterocycles. The molecular formula is C16H24N2O. The number of hydrogen-bond donors (Lipinski definition) is 1. The van der Waals surface area contributed by atoms with Gasteiger partial charge in [-0.15, -0.1) is 0 Å². The second-order valence-electron chi connectivity index (χ2n) is 6.36. The summed E-state index contributed by atoms with van der Waals surface area (Å²) in [6.07, 6.45) is 1.39. The van der Waals surface area contributed by atoms with Gasteiger partial charge in [0.05, 0.1) is 6.42 Å². The lowest BCUT2D eigenvalue weighted by Gasteiger charge is -2.42. The Labute approximate surface area is 115 Å². The molecule has 3 nitrogen and oxygen atoms in total. The fourth-order valence-electron chi connectivity index (χ4n) is 2.58. The molecule has 1 aromatic rings. The van der Waals surface area contributed by atoms with Crippen LogP contribution in [0, 0.1) is 12.3 Å². The summed E-state index contributed by atoms with van der Waals surface area (Å²) in [5.41, 5.74) is 8.43. The number of piperidine rings is 1. The largest absolute Gasteiger partial charge is 0.342 e. The molecule has 1 amide bonds. The van der Waals surface area contributed by atoms with Crippen molar-refractivity contribution in [3.8, 4) is 0 Å². The summed E-state index contributed by atoms with van der Waals surface area (Å²) in [6, 6.07) is 8.37.